The number of benzene rings is 1. The minimum Gasteiger partial charge on any atom is -0.115 e. The zero-order chi connectivity index (χ0) is 9.35. The highest BCUT2D eigenvalue weighted by Crippen LogP contribution is 2.34. The first-order valence-corrected chi connectivity index (χ1v) is 4.63. The Morgan fingerprint density at radius 2 is 1.83 bits per heavy atom. The average molecular weight is 203 g/mol. The molecule has 0 N–H and O–H groups in total. The summed E-state index contributed by atoms with van der Waals surface area (Å²) in [6, 6.07) is 5.91. The highest BCUT2D eigenvalue weighted by molar-refractivity contribution is 6.34. The molecular formula is C10H12Cl2. The molecule has 66 valence electrons. The maximum Gasteiger partial charge on any atom is 0.0653 e. The third kappa shape index (κ3) is 1.94. The predicted octanol–water partition coefficient (Wildman–Crippen LogP) is 4.12. The minimum absolute atomic E-state index is 0.386. The van der Waals surface area contributed by atoms with Gasteiger partial charge in [-0.1, -0.05) is 29.8 Å². The van der Waals surface area contributed by atoms with Crippen LogP contribution in [-0.4, -0.2) is 0 Å². The molecule has 0 radical (unpaired) electrons. The molecule has 1 aromatic rings. The average Bonchev–Trinajstić information content (AvgIpc) is 1.92. The van der Waals surface area contributed by atoms with Gasteiger partial charge in [0.25, 0.3) is 0 Å². The minimum atomic E-state index is -0.386. The number of halogens is 2. The van der Waals surface area contributed by atoms with Gasteiger partial charge >= 0.3 is 0 Å². The highest BCUT2D eigenvalue weighted by atomic mass is 35.5. The normalized spacial score (nSPS) is 11.8. The fraction of sp³-hybridized carbons (Fsp3) is 0.400. The van der Waals surface area contributed by atoms with E-state index >= 15 is 0 Å². The molecule has 0 bridgehead atoms. The van der Waals surface area contributed by atoms with Crippen LogP contribution in [0.25, 0.3) is 0 Å². The Bertz CT molecular complexity index is 284. The van der Waals surface area contributed by atoms with Crippen LogP contribution < -0.4 is 0 Å². The summed E-state index contributed by atoms with van der Waals surface area (Å²) in [5.74, 6) is 0. The molecular weight excluding hydrogens is 191 g/mol. The SMILES string of the molecule is Cc1cccc(C(C)(C)Cl)c1Cl. The van der Waals surface area contributed by atoms with Crippen molar-refractivity contribution in [1.82, 2.24) is 0 Å². The van der Waals surface area contributed by atoms with Gasteiger partial charge in [0, 0.05) is 5.02 Å². The summed E-state index contributed by atoms with van der Waals surface area (Å²) in [7, 11) is 0. The first-order valence-electron chi connectivity index (χ1n) is 3.87. The summed E-state index contributed by atoms with van der Waals surface area (Å²) in [5.41, 5.74) is 2.06. The monoisotopic (exact) mass is 202 g/mol. The molecule has 1 rings (SSSR count). The smallest absolute Gasteiger partial charge is 0.0653 e. The maximum absolute atomic E-state index is 6.15. The summed E-state index contributed by atoms with van der Waals surface area (Å²) in [6.45, 7) is 5.86. The molecule has 0 atom stereocenters. The van der Waals surface area contributed by atoms with Gasteiger partial charge in [-0.2, -0.15) is 0 Å². The van der Waals surface area contributed by atoms with Crippen LogP contribution in [0.15, 0.2) is 18.2 Å². The Labute approximate surface area is 83.5 Å². The van der Waals surface area contributed by atoms with E-state index in [2.05, 4.69) is 0 Å². The molecule has 0 aliphatic rings. The standard InChI is InChI=1S/C10H12Cl2/c1-7-5-4-6-8(9(7)11)10(2,3)12/h4-6H,1-3H3. The molecule has 1 aromatic carbocycles. The summed E-state index contributed by atoms with van der Waals surface area (Å²) < 4.78 is 0. The second-order valence-electron chi connectivity index (χ2n) is 3.41. The third-order valence-corrected chi connectivity index (χ3v) is 2.54. The highest BCUT2D eigenvalue weighted by Gasteiger charge is 2.19. The van der Waals surface area contributed by atoms with Gasteiger partial charge in [-0.25, -0.2) is 0 Å². The van der Waals surface area contributed by atoms with Crippen molar-refractivity contribution in [3.8, 4) is 0 Å². The molecule has 2 heteroatoms. The maximum atomic E-state index is 6.15. The van der Waals surface area contributed by atoms with E-state index in [0.29, 0.717) is 0 Å². The van der Waals surface area contributed by atoms with Gasteiger partial charge in [0.05, 0.1) is 4.87 Å². The molecule has 0 nitrogen and oxygen atoms in total. The van der Waals surface area contributed by atoms with Gasteiger partial charge in [-0.05, 0) is 31.9 Å². The first kappa shape index (κ1) is 9.88. The number of alkyl halides is 1. The molecule has 0 aliphatic carbocycles. The lowest BCUT2D eigenvalue weighted by Gasteiger charge is -2.18. The van der Waals surface area contributed by atoms with E-state index in [1.807, 2.05) is 39.0 Å². The van der Waals surface area contributed by atoms with Crippen molar-refractivity contribution in [3.05, 3.63) is 34.3 Å². The van der Waals surface area contributed by atoms with Gasteiger partial charge in [0.15, 0.2) is 0 Å². The lowest BCUT2D eigenvalue weighted by molar-refractivity contribution is 0.765. The van der Waals surface area contributed by atoms with Crippen LogP contribution in [0.1, 0.15) is 25.0 Å². The number of hydrogen-bond acceptors (Lipinski definition) is 0. The van der Waals surface area contributed by atoms with Crippen molar-refractivity contribution in [1.29, 1.82) is 0 Å². The fourth-order valence-electron chi connectivity index (χ4n) is 1.11. The molecule has 0 spiro atoms. The Morgan fingerprint density at radius 1 is 1.25 bits per heavy atom. The summed E-state index contributed by atoms with van der Waals surface area (Å²) in [4.78, 5) is -0.386. The van der Waals surface area contributed by atoms with E-state index in [9.17, 15) is 0 Å². The van der Waals surface area contributed by atoms with Gasteiger partial charge in [-0.3, -0.25) is 0 Å². The molecule has 0 heterocycles. The van der Waals surface area contributed by atoms with E-state index in [1.165, 1.54) is 0 Å². The Kier molecular flexibility index (Phi) is 2.70. The van der Waals surface area contributed by atoms with Crippen LogP contribution in [-0.2, 0) is 4.87 Å². The van der Waals surface area contributed by atoms with Crippen molar-refractivity contribution < 1.29 is 0 Å². The van der Waals surface area contributed by atoms with Crippen molar-refractivity contribution in [2.24, 2.45) is 0 Å². The molecule has 12 heavy (non-hydrogen) atoms. The van der Waals surface area contributed by atoms with Gasteiger partial charge in [-0.15, -0.1) is 11.6 Å². The topological polar surface area (TPSA) is 0 Å². The summed E-state index contributed by atoms with van der Waals surface area (Å²) in [5, 5.41) is 0.775. The van der Waals surface area contributed by atoms with E-state index in [-0.39, 0.29) is 4.87 Å². The summed E-state index contributed by atoms with van der Waals surface area (Å²) >= 11 is 12.2. The van der Waals surface area contributed by atoms with Crippen LogP contribution >= 0.6 is 23.2 Å². The van der Waals surface area contributed by atoms with Crippen LogP contribution in [0.2, 0.25) is 5.02 Å². The van der Waals surface area contributed by atoms with E-state index in [1.54, 1.807) is 0 Å². The Balaban J connectivity index is 3.26. The van der Waals surface area contributed by atoms with Gasteiger partial charge in [0.2, 0.25) is 0 Å². The summed E-state index contributed by atoms with van der Waals surface area (Å²) in [6.07, 6.45) is 0. The zero-order valence-corrected chi connectivity index (χ0v) is 9.00. The first-order chi connectivity index (χ1) is 5.43. The van der Waals surface area contributed by atoms with Crippen molar-refractivity contribution in [2.45, 2.75) is 25.6 Å². The Hall–Kier alpha value is -0.200. The fourth-order valence-corrected chi connectivity index (χ4v) is 1.67. The van der Waals surface area contributed by atoms with Crippen molar-refractivity contribution in [3.63, 3.8) is 0 Å². The van der Waals surface area contributed by atoms with Crippen LogP contribution in [0.4, 0.5) is 0 Å². The lowest BCUT2D eigenvalue weighted by Crippen LogP contribution is -2.08. The van der Waals surface area contributed by atoms with E-state index in [4.69, 9.17) is 23.2 Å². The van der Waals surface area contributed by atoms with Crippen LogP contribution in [0, 0.1) is 6.92 Å². The van der Waals surface area contributed by atoms with Gasteiger partial charge < -0.3 is 0 Å². The van der Waals surface area contributed by atoms with E-state index in [0.717, 1.165) is 16.1 Å². The molecule has 0 unspecified atom stereocenters. The molecule has 0 aromatic heterocycles. The van der Waals surface area contributed by atoms with Gasteiger partial charge in [0.1, 0.15) is 0 Å². The van der Waals surface area contributed by atoms with Crippen molar-refractivity contribution in [2.75, 3.05) is 0 Å². The lowest BCUT2D eigenvalue weighted by atomic mass is 10.0. The number of rotatable bonds is 1. The molecule has 0 fully saturated rings. The van der Waals surface area contributed by atoms with Crippen molar-refractivity contribution >= 4 is 23.2 Å². The van der Waals surface area contributed by atoms with Crippen LogP contribution in [0.3, 0.4) is 0 Å². The number of hydrogen-bond donors (Lipinski definition) is 0. The molecule has 0 aliphatic heterocycles. The van der Waals surface area contributed by atoms with E-state index < -0.39 is 0 Å². The predicted molar refractivity (Wildman–Crippen MR) is 55.1 cm³/mol. The molecule has 0 saturated carbocycles. The number of aryl methyl sites for hydroxylation is 1. The molecule has 0 saturated heterocycles. The second-order valence-corrected chi connectivity index (χ2v) is 4.73. The van der Waals surface area contributed by atoms with Crippen LogP contribution in [0.5, 0.6) is 0 Å². The zero-order valence-electron chi connectivity index (χ0n) is 7.49. The quantitative estimate of drug-likeness (QED) is 0.602. The second kappa shape index (κ2) is 3.27. The third-order valence-electron chi connectivity index (χ3n) is 1.83. The largest absolute Gasteiger partial charge is 0.115 e. The Morgan fingerprint density at radius 3 is 2.25 bits per heavy atom. The molecule has 0 amide bonds.